The van der Waals surface area contributed by atoms with E-state index < -0.39 is 0 Å². The molecule has 0 saturated carbocycles. The first-order chi connectivity index (χ1) is 7.76. The number of hydrogen-bond donors (Lipinski definition) is 2. The largest absolute Gasteiger partial charge is 0.497 e. The van der Waals surface area contributed by atoms with E-state index >= 15 is 0 Å². The molecular formula is C13H18N2O. The zero-order valence-electron chi connectivity index (χ0n) is 10.1. The van der Waals surface area contributed by atoms with Crippen LogP contribution < -0.4 is 10.1 Å². The fourth-order valence-corrected chi connectivity index (χ4v) is 2.07. The van der Waals surface area contributed by atoms with Crippen molar-refractivity contribution in [3.63, 3.8) is 0 Å². The summed E-state index contributed by atoms with van der Waals surface area (Å²) in [6.45, 7) is 3.12. The molecule has 2 aromatic rings. The highest BCUT2D eigenvalue weighted by molar-refractivity contribution is 5.85. The van der Waals surface area contributed by atoms with Gasteiger partial charge in [-0.25, -0.2) is 0 Å². The van der Waals surface area contributed by atoms with Crippen molar-refractivity contribution in [3.8, 4) is 5.75 Å². The number of rotatable bonds is 4. The van der Waals surface area contributed by atoms with E-state index in [1.54, 1.807) is 7.11 Å². The van der Waals surface area contributed by atoms with Gasteiger partial charge in [0.05, 0.1) is 7.11 Å². The summed E-state index contributed by atoms with van der Waals surface area (Å²) in [4.78, 5) is 3.40. The molecule has 3 nitrogen and oxygen atoms in total. The first-order valence-electron chi connectivity index (χ1n) is 5.56. The fraction of sp³-hybridized carbons (Fsp3) is 0.385. The number of H-pyrrole nitrogens is 1. The van der Waals surface area contributed by atoms with E-state index in [1.807, 2.05) is 19.2 Å². The number of aromatic nitrogens is 1. The van der Waals surface area contributed by atoms with Crippen LogP contribution in [0.3, 0.4) is 0 Å². The highest BCUT2D eigenvalue weighted by Crippen LogP contribution is 2.26. The Kier molecular flexibility index (Phi) is 3.15. The topological polar surface area (TPSA) is 37.0 Å². The summed E-state index contributed by atoms with van der Waals surface area (Å²) in [5.41, 5.74) is 3.80. The molecule has 3 heteroatoms. The van der Waals surface area contributed by atoms with E-state index in [0.717, 1.165) is 24.2 Å². The molecule has 0 atom stereocenters. The molecule has 1 heterocycles. The summed E-state index contributed by atoms with van der Waals surface area (Å²) in [5.74, 6) is 0.897. The van der Waals surface area contributed by atoms with Crippen LogP contribution in [0.5, 0.6) is 5.75 Å². The van der Waals surface area contributed by atoms with Crippen molar-refractivity contribution in [1.29, 1.82) is 0 Å². The molecule has 0 bridgehead atoms. The van der Waals surface area contributed by atoms with E-state index in [-0.39, 0.29) is 0 Å². The second-order valence-corrected chi connectivity index (χ2v) is 3.99. The van der Waals surface area contributed by atoms with Gasteiger partial charge in [0.25, 0.3) is 0 Å². The Morgan fingerprint density at radius 3 is 2.88 bits per heavy atom. The van der Waals surface area contributed by atoms with Gasteiger partial charge in [0.2, 0.25) is 0 Å². The van der Waals surface area contributed by atoms with E-state index in [4.69, 9.17) is 4.74 Å². The minimum Gasteiger partial charge on any atom is -0.497 e. The number of benzene rings is 1. The Balaban J connectivity index is 2.45. The minimum atomic E-state index is 0.897. The molecular weight excluding hydrogens is 200 g/mol. The Morgan fingerprint density at radius 1 is 1.38 bits per heavy atom. The van der Waals surface area contributed by atoms with Crippen molar-refractivity contribution >= 4 is 10.9 Å². The van der Waals surface area contributed by atoms with Crippen LogP contribution in [0.1, 0.15) is 11.3 Å². The smallest absolute Gasteiger partial charge is 0.120 e. The Bertz CT molecular complexity index is 488. The summed E-state index contributed by atoms with van der Waals surface area (Å²) >= 11 is 0. The molecule has 0 radical (unpaired) electrons. The first kappa shape index (κ1) is 11.0. The molecule has 0 saturated heterocycles. The molecule has 1 aromatic heterocycles. The lowest BCUT2D eigenvalue weighted by atomic mass is 10.1. The number of nitrogens with one attached hydrogen (secondary N) is 2. The quantitative estimate of drug-likeness (QED) is 0.826. The average molecular weight is 218 g/mol. The van der Waals surface area contributed by atoms with Crippen molar-refractivity contribution < 1.29 is 4.74 Å². The number of aromatic amines is 1. The van der Waals surface area contributed by atoms with Crippen molar-refractivity contribution in [2.45, 2.75) is 13.3 Å². The molecule has 0 fully saturated rings. The van der Waals surface area contributed by atoms with Gasteiger partial charge in [-0.1, -0.05) is 0 Å². The Labute approximate surface area is 95.8 Å². The number of likely N-dealkylation sites (N-methyl/N-ethyl adjacent to an activating group) is 1. The number of aryl methyl sites for hydroxylation is 1. The zero-order valence-corrected chi connectivity index (χ0v) is 10.1. The normalized spacial score (nSPS) is 10.9. The van der Waals surface area contributed by atoms with Crippen LogP contribution >= 0.6 is 0 Å². The monoisotopic (exact) mass is 218 g/mol. The maximum absolute atomic E-state index is 5.22. The summed E-state index contributed by atoms with van der Waals surface area (Å²) in [6, 6.07) is 6.19. The molecule has 0 aliphatic carbocycles. The predicted octanol–water partition coefficient (Wildman–Crippen LogP) is 2.25. The van der Waals surface area contributed by atoms with E-state index in [1.165, 1.54) is 16.6 Å². The standard InChI is InChI=1S/C13H18N2O/c1-9-11(6-7-14-2)12-5-4-10(16-3)8-13(12)15-9/h4-5,8,14-15H,6-7H2,1-3H3. The number of methoxy groups -OCH3 is 1. The lowest BCUT2D eigenvalue weighted by Gasteiger charge is -2.02. The first-order valence-corrected chi connectivity index (χ1v) is 5.56. The minimum absolute atomic E-state index is 0.897. The van der Waals surface area contributed by atoms with E-state index in [9.17, 15) is 0 Å². The lowest BCUT2D eigenvalue weighted by Crippen LogP contribution is -2.10. The van der Waals surface area contributed by atoms with Gasteiger partial charge in [-0.15, -0.1) is 0 Å². The van der Waals surface area contributed by atoms with Crippen LogP contribution in [0.2, 0.25) is 0 Å². The van der Waals surface area contributed by atoms with Gasteiger partial charge in [0, 0.05) is 22.7 Å². The van der Waals surface area contributed by atoms with E-state index in [0.29, 0.717) is 0 Å². The maximum Gasteiger partial charge on any atom is 0.120 e. The van der Waals surface area contributed by atoms with Gasteiger partial charge in [-0.2, -0.15) is 0 Å². The molecule has 2 rings (SSSR count). The van der Waals surface area contributed by atoms with Crippen molar-refractivity contribution in [2.24, 2.45) is 0 Å². The van der Waals surface area contributed by atoms with Crippen LogP contribution in [0, 0.1) is 6.92 Å². The Morgan fingerprint density at radius 2 is 2.19 bits per heavy atom. The zero-order chi connectivity index (χ0) is 11.5. The summed E-state index contributed by atoms with van der Waals surface area (Å²) in [5, 5.41) is 4.48. The van der Waals surface area contributed by atoms with E-state index in [2.05, 4.69) is 23.3 Å². The molecule has 0 aliphatic heterocycles. The third-order valence-electron chi connectivity index (χ3n) is 2.95. The Hall–Kier alpha value is -1.48. The van der Waals surface area contributed by atoms with Crippen LogP contribution in [0.15, 0.2) is 18.2 Å². The molecule has 86 valence electrons. The van der Waals surface area contributed by atoms with Crippen molar-refractivity contribution in [3.05, 3.63) is 29.5 Å². The van der Waals surface area contributed by atoms with Gasteiger partial charge >= 0.3 is 0 Å². The molecule has 2 N–H and O–H groups in total. The van der Waals surface area contributed by atoms with Gasteiger partial charge in [0.1, 0.15) is 5.75 Å². The van der Waals surface area contributed by atoms with Crippen molar-refractivity contribution in [2.75, 3.05) is 20.7 Å². The number of hydrogen-bond acceptors (Lipinski definition) is 2. The van der Waals surface area contributed by atoms with Crippen LogP contribution in [0.25, 0.3) is 10.9 Å². The van der Waals surface area contributed by atoms with Crippen LogP contribution in [-0.4, -0.2) is 25.7 Å². The molecule has 0 amide bonds. The average Bonchev–Trinajstić information content (AvgIpc) is 2.61. The lowest BCUT2D eigenvalue weighted by molar-refractivity contribution is 0.415. The number of ether oxygens (including phenoxy) is 1. The predicted molar refractivity (Wildman–Crippen MR) is 67.2 cm³/mol. The van der Waals surface area contributed by atoms with Gasteiger partial charge in [-0.3, -0.25) is 0 Å². The van der Waals surface area contributed by atoms with Crippen LogP contribution in [0.4, 0.5) is 0 Å². The molecule has 16 heavy (non-hydrogen) atoms. The molecule has 0 unspecified atom stereocenters. The van der Waals surface area contributed by atoms with Crippen LogP contribution in [-0.2, 0) is 6.42 Å². The van der Waals surface area contributed by atoms with Gasteiger partial charge in [-0.05, 0) is 44.6 Å². The maximum atomic E-state index is 5.22. The van der Waals surface area contributed by atoms with Crippen molar-refractivity contribution in [1.82, 2.24) is 10.3 Å². The molecule has 0 spiro atoms. The summed E-state index contributed by atoms with van der Waals surface area (Å²) < 4.78 is 5.22. The highest BCUT2D eigenvalue weighted by Gasteiger charge is 2.08. The third-order valence-corrected chi connectivity index (χ3v) is 2.95. The van der Waals surface area contributed by atoms with Gasteiger partial charge < -0.3 is 15.0 Å². The summed E-state index contributed by atoms with van der Waals surface area (Å²) in [6.07, 6.45) is 1.05. The fourth-order valence-electron chi connectivity index (χ4n) is 2.07. The second kappa shape index (κ2) is 4.58. The molecule has 0 aliphatic rings. The SMILES string of the molecule is CNCCc1c(C)[nH]c2cc(OC)ccc12. The highest BCUT2D eigenvalue weighted by atomic mass is 16.5. The number of fused-ring (bicyclic) bond motifs is 1. The second-order valence-electron chi connectivity index (χ2n) is 3.99. The van der Waals surface area contributed by atoms with Gasteiger partial charge in [0.15, 0.2) is 0 Å². The molecule has 1 aromatic carbocycles. The summed E-state index contributed by atoms with van der Waals surface area (Å²) in [7, 11) is 3.67. The third kappa shape index (κ3) is 1.91.